The highest BCUT2D eigenvalue weighted by Crippen LogP contribution is 2.25. The number of nitrogens with zero attached hydrogens (tertiary/aromatic N) is 1. The van der Waals surface area contributed by atoms with Gasteiger partial charge >= 0.3 is 0 Å². The highest BCUT2D eigenvalue weighted by Gasteiger charge is 2.16. The third-order valence-electron chi connectivity index (χ3n) is 4.13. The van der Waals surface area contributed by atoms with Gasteiger partial charge in [-0.05, 0) is 68.5 Å². The molecule has 1 N–H and O–H groups in total. The molecular formula is C18H24N2O. The lowest BCUT2D eigenvalue weighted by atomic mass is 10.2. The Balaban J connectivity index is 1.51. The zero-order valence-corrected chi connectivity index (χ0v) is 12.7. The molecule has 1 fully saturated rings. The summed E-state index contributed by atoms with van der Waals surface area (Å²) in [4.78, 5) is 0. The molecule has 0 spiro atoms. The Morgan fingerprint density at radius 1 is 1.14 bits per heavy atom. The molecule has 3 nitrogen and oxygen atoms in total. The molecule has 1 saturated carbocycles. The molecule has 1 aromatic carbocycles. The first-order chi connectivity index (χ1) is 10.3. The molecule has 2 aromatic rings. The summed E-state index contributed by atoms with van der Waals surface area (Å²) in [6.45, 7) is 4.03. The first kappa shape index (κ1) is 14.1. The highest BCUT2D eigenvalue weighted by molar-refractivity contribution is 5.46. The van der Waals surface area contributed by atoms with Crippen molar-refractivity contribution in [3.63, 3.8) is 0 Å². The lowest BCUT2D eigenvalue weighted by Gasteiger charge is -2.13. The molecule has 0 atom stereocenters. The number of ether oxygens (including phenoxy) is 1. The van der Waals surface area contributed by atoms with E-state index in [9.17, 15) is 0 Å². The van der Waals surface area contributed by atoms with Gasteiger partial charge in [-0.3, -0.25) is 0 Å². The minimum absolute atomic E-state index is 0.428. The van der Waals surface area contributed by atoms with Gasteiger partial charge in [-0.1, -0.05) is 0 Å². The maximum Gasteiger partial charge on any atom is 0.119 e. The van der Waals surface area contributed by atoms with Crippen LogP contribution in [-0.4, -0.2) is 10.7 Å². The van der Waals surface area contributed by atoms with E-state index in [1.165, 1.54) is 31.2 Å². The molecule has 0 saturated heterocycles. The van der Waals surface area contributed by atoms with E-state index < -0.39 is 0 Å². The fourth-order valence-corrected chi connectivity index (χ4v) is 2.85. The van der Waals surface area contributed by atoms with Crippen LogP contribution in [0.3, 0.4) is 0 Å². The van der Waals surface area contributed by atoms with Crippen LogP contribution in [0, 0.1) is 0 Å². The molecule has 1 aliphatic rings. The number of hydrogen-bond acceptors (Lipinski definition) is 2. The summed E-state index contributed by atoms with van der Waals surface area (Å²) in [5.74, 6) is 0.990. The molecule has 0 aliphatic heterocycles. The topological polar surface area (TPSA) is 26.2 Å². The van der Waals surface area contributed by atoms with E-state index in [1.54, 1.807) is 0 Å². The second-order valence-electron chi connectivity index (χ2n) is 5.75. The van der Waals surface area contributed by atoms with Crippen molar-refractivity contribution in [3.8, 4) is 5.75 Å². The molecule has 0 radical (unpaired) electrons. The summed E-state index contributed by atoms with van der Waals surface area (Å²) in [5.41, 5.74) is 2.45. The fourth-order valence-electron chi connectivity index (χ4n) is 2.85. The number of rotatable bonds is 6. The minimum atomic E-state index is 0.428. The molecule has 1 aromatic heterocycles. The fraction of sp³-hybridized carbons (Fsp3) is 0.444. The quantitative estimate of drug-likeness (QED) is 0.848. The smallest absolute Gasteiger partial charge is 0.119 e. The SMILES string of the molecule is CCn1ccc(CNc2ccc(OC3CCCC3)cc2)c1. The van der Waals surface area contributed by atoms with Crippen LogP contribution in [0.2, 0.25) is 0 Å². The van der Waals surface area contributed by atoms with Gasteiger partial charge in [-0.2, -0.15) is 0 Å². The normalized spacial score (nSPS) is 15.3. The van der Waals surface area contributed by atoms with Crippen LogP contribution in [0.1, 0.15) is 38.2 Å². The minimum Gasteiger partial charge on any atom is -0.490 e. The Morgan fingerprint density at radius 2 is 1.90 bits per heavy atom. The van der Waals surface area contributed by atoms with E-state index in [0.717, 1.165) is 24.5 Å². The first-order valence-electron chi connectivity index (χ1n) is 7.99. The average Bonchev–Trinajstić information content (AvgIpc) is 3.18. The molecule has 0 unspecified atom stereocenters. The Bertz CT molecular complexity index is 553. The summed E-state index contributed by atoms with van der Waals surface area (Å²) in [7, 11) is 0. The van der Waals surface area contributed by atoms with E-state index in [1.807, 2.05) is 0 Å². The van der Waals surface area contributed by atoms with Crippen LogP contribution < -0.4 is 10.1 Å². The van der Waals surface area contributed by atoms with Crippen molar-refractivity contribution < 1.29 is 4.74 Å². The zero-order chi connectivity index (χ0) is 14.5. The summed E-state index contributed by atoms with van der Waals surface area (Å²) in [6.07, 6.45) is 9.75. The summed E-state index contributed by atoms with van der Waals surface area (Å²) < 4.78 is 8.17. The maximum atomic E-state index is 5.98. The van der Waals surface area contributed by atoms with Crippen molar-refractivity contribution in [1.82, 2.24) is 4.57 Å². The van der Waals surface area contributed by atoms with Crippen molar-refractivity contribution in [3.05, 3.63) is 48.3 Å². The molecular weight excluding hydrogens is 260 g/mol. The largest absolute Gasteiger partial charge is 0.490 e. The van der Waals surface area contributed by atoms with Gasteiger partial charge in [-0.15, -0.1) is 0 Å². The number of hydrogen-bond donors (Lipinski definition) is 1. The number of aryl methyl sites for hydroxylation is 1. The second-order valence-corrected chi connectivity index (χ2v) is 5.75. The first-order valence-corrected chi connectivity index (χ1v) is 7.99. The van der Waals surface area contributed by atoms with Gasteiger partial charge in [0.2, 0.25) is 0 Å². The lowest BCUT2D eigenvalue weighted by Crippen LogP contribution is -2.10. The average molecular weight is 284 g/mol. The molecule has 0 bridgehead atoms. The molecule has 0 amide bonds. The van der Waals surface area contributed by atoms with Gasteiger partial charge < -0.3 is 14.6 Å². The van der Waals surface area contributed by atoms with Crippen molar-refractivity contribution in [2.24, 2.45) is 0 Å². The standard InChI is InChI=1S/C18H24N2O/c1-2-20-12-11-15(14-20)13-19-16-7-9-18(10-8-16)21-17-5-3-4-6-17/h7-12,14,17,19H,2-6,13H2,1H3. The van der Waals surface area contributed by atoms with Crippen molar-refractivity contribution in [2.75, 3.05) is 5.32 Å². The summed E-state index contributed by atoms with van der Waals surface area (Å²) >= 11 is 0. The molecule has 1 aliphatic carbocycles. The monoisotopic (exact) mass is 284 g/mol. The second kappa shape index (κ2) is 6.70. The molecule has 3 heteroatoms. The van der Waals surface area contributed by atoms with E-state index in [-0.39, 0.29) is 0 Å². The molecule has 21 heavy (non-hydrogen) atoms. The molecule has 1 heterocycles. The van der Waals surface area contributed by atoms with E-state index in [4.69, 9.17) is 4.74 Å². The number of nitrogens with one attached hydrogen (secondary N) is 1. The van der Waals surface area contributed by atoms with Crippen LogP contribution in [0.15, 0.2) is 42.7 Å². The van der Waals surface area contributed by atoms with Gasteiger partial charge in [0.15, 0.2) is 0 Å². The van der Waals surface area contributed by atoms with Crippen molar-refractivity contribution >= 4 is 5.69 Å². The predicted octanol–water partition coefficient (Wildman–Crippen LogP) is 4.44. The van der Waals surface area contributed by atoms with Gasteiger partial charge in [0.05, 0.1) is 6.10 Å². The number of benzene rings is 1. The Hall–Kier alpha value is -1.90. The van der Waals surface area contributed by atoms with Crippen molar-refractivity contribution in [2.45, 2.75) is 51.8 Å². The van der Waals surface area contributed by atoms with Gasteiger partial charge in [-0.25, -0.2) is 0 Å². The molecule has 112 valence electrons. The van der Waals surface area contributed by atoms with Crippen LogP contribution in [0.4, 0.5) is 5.69 Å². The van der Waals surface area contributed by atoms with Crippen LogP contribution in [0.25, 0.3) is 0 Å². The van der Waals surface area contributed by atoms with Gasteiger partial charge in [0.25, 0.3) is 0 Å². The highest BCUT2D eigenvalue weighted by atomic mass is 16.5. The summed E-state index contributed by atoms with van der Waals surface area (Å²) in [6, 6.07) is 10.5. The van der Waals surface area contributed by atoms with E-state index >= 15 is 0 Å². The number of anilines is 1. The summed E-state index contributed by atoms with van der Waals surface area (Å²) in [5, 5.41) is 3.45. The third kappa shape index (κ3) is 3.81. The van der Waals surface area contributed by atoms with E-state index in [0.29, 0.717) is 6.10 Å². The molecule has 3 rings (SSSR count). The Morgan fingerprint density at radius 3 is 2.57 bits per heavy atom. The Labute approximate surface area is 126 Å². The van der Waals surface area contributed by atoms with Gasteiger partial charge in [0, 0.05) is 31.2 Å². The Kier molecular flexibility index (Phi) is 4.49. The van der Waals surface area contributed by atoms with Crippen LogP contribution in [0.5, 0.6) is 5.75 Å². The van der Waals surface area contributed by atoms with Crippen molar-refractivity contribution in [1.29, 1.82) is 0 Å². The zero-order valence-electron chi connectivity index (χ0n) is 12.7. The van der Waals surface area contributed by atoms with E-state index in [2.05, 4.69) is 59.5 Å². The number of aromatic nitrogens is 1. The van der Waals surface area contributed by atoms with Crippen LogP contribution in [-0.2, 0) is 13.1 Å². The van der Waals surface area contributed by atoms with Gasteiger partial charge in [0.1, 0.15) is 5.75 Å². The predicted molar refractivity (Wildman–Crippen MR) is 86.8 cm³/mol. The third-order valence-corrected chi connectivity index (χ3v) is 4.13. The maximum absolute atomic E-state index is 5.98. The van der Waals surface area contributed by atoms with Crippen LogP contribution >= 0.6 is 0 Å². The lowest BCUT2D eigenvalue weighted by molar-refractivity contribution is 0.210.